The van der Waals surface area contributed by atoms with Gasteiger partial charge < -0.3 is 10.5 Å². The monoisotopic (exact) mass is 263 g/mol. The summed E-state index contributed by atoms with van der Waals surface area (Å²) in [6, 6.07) is 1.69. The first-order chi connectivity index (χ1) is 9.24. The third-order valence-corrected chi connectivity index (χ3v) is 3.56. The lowest BCUT2D eigenvalue weighted by Gasteiger charge is -2.22. The molecule has 1 aliphatic carbocycles. The maximum Gasteiger partial charge on any atom is 0.348 e. The van der Waals surface area contributed by atoms with E-state index in [9.17, 15) is 4.79 Å². The average molecular weight is 263 g/mol. The molecule has 2 aromatic heterocycles. The summed E-state index contributed by atoms with van der Waals surface area (Å²) in [6.45, 7) is 0. The zero-order valence-electron chi connectivity index (χ0n) is 10.6. The summed E-state index contributed by atoms with van der Waals surface area (Å²) in [5.74, 6) is 0.467. The van der Waals surface area contributed by atoms with Crippen LogP contribution in [0.2, 0.25) is 0 Å². The molecule has 1 saturated carbocycles. The van der Waals surface area contributed by atoms with Gasteiger partial charge in [0.25, 0.3) is 0 Å². The Balaban J connectivity index is 1.81. The number of hydrogen-bond donors (Lipinski definition) is 2. The lowest BCUT2D eigenvalue weighted by atomic mass is 10.1. The molecule has 3 N–H and O–H groups in total. The molecule has 7 nitrogen and oxygen atoms in total. The molecule has 102 valence electrons. The van der Waals surface area contributed by atoms with E-state index in [2.05, 4.69) is 15.2 Å². The summed E-state index contributed by atoms with van der Waals surface area (Å²) < 4.78 is 7.19. The number of ether oxygens (including phenoxy) is 1. The SMILES string of the molecule is NC1CCCCCC1Oc1cc2n[nH]c(=O)n2cn1. The highest BCUT2D eigenvalue weighted by atomic mass is 16.5. The van der Waals surface area contributed by atoms with Crippen molar-refractivity contribution >= 4 is 5.65 Å². The van der Waals surface area contributed by atoms with Crippen LogP contribution in [-0.4, -0.2) is 31.7 Å². The van der Waals surface area contributed by atoms with Gasteiger partial charge in [0.05, 0.1) is 0 Å². The maximum atomic E-state index is 11.3. The number of aromatic amines is 1. The predicted molar refractivity (Wildman–Crippen MR) is 69.1 cm³/mol. The number of rotatable bonds is 2. The molecule has 7 heteroatoms. The van der Waals surface area contributed by atoms with Crippen LogP contribution in [0, 0.1) is 0 Å². The number of nitrogens with two attached hydrogens (primary N) is 1. The Kier molecular flexibility index (Phi) is 3.20. The van der Waals surface area contributed by atoms with Gasteiger partial charge in [-0.05, 0) is 19.3 Å². The standard InChI is InChI=1S/C12H17N5O2/c13-8-4-2-1-3-5-9(8)19-11-6-10-15-16-12(18)17(10)7-14-11/h6-9H,1-5,13H2,(H,16,18). The fraction of sp³-hybridized carbons (Fsp3) is 0.583. The summed E-state index contributed by atoms with van der Waals surface area (Å²) in [7, 11) is 0. The largest absolute Gasteiger partial charge is 0.473 e. The molecule has 19 heavy (non-hydrogen) atoms. The van der Waals surface area contributed by atoms with Crippen molar-refractivity contribution in [2.45, 2.75) is 44.2 Å². The average Bonchev–Trinajstić information content (AvgIpc) is 2.65. The molecule has 2 atom stereocenters. The van der Waals surface area contributed by atoms with Crippen LogP contribution in [0.5, 0.6) is 5.88 Å². The molecule has 0 saturated heterocycles. The lowest BCUT2D eigenvalue weighted by Crippen LogP contribution is -2.38. The number of fused-ring (bicyclic) bond motifs is 1. The van der Waals surface area contributed by atoms with Crippen LogP contribution in [0.15, 0.2) is 17.2 Å². The van der Waals surface area contributed by atoms with Gasteiger partial charge in [-0.3, -0.25) is 0 Å². The Morgan fingerprint density at radius 3 is 3.11 bits per heavy atom. The summed E-state index contributed by atoms with van der Waals surface area (Å²) in [4.78, 5) is 15.4. The Morgan fingerprint density at radius 2 is 2.21 bits per heavy atom. The van der Waals surface area contributed by atoms with Crippen molar-refractivity contribution in [1.29, 1.82) is 0 Å². The molecule has 1 fully saturated rings. The first kappa shape index (κ1) is 12.2. The molecule has 1 aliphatic rings. The molecule has 2 unspecified atom stereocenters. The molecular weight excluding hydrogens is 246 g/mol. The maximum absolute atomic E-state index is 11.3. The minimum atomic E-state index is -0.305. The fourth-order valence-corrected chi connectivity index (χ4v) is 2.46. The lowest BCUT2D eigenvalue weighted by molar-refractivity contribution is 0.156. The van der Waals surface area contributed by atoms with E-state index in [-0.39, 0.29) is 17.8 Å². The molecule has 0 aromatic carbocycles. The van der Waals surface area contributed by atoms with Crippen molar-refractivity contribution < 1.29 is 4.74 Å². The highest BCUT2D eigenvalue weighted by Crippen LogP contribution is 2.21. The van der Waals surface area contributed by atoms with Crippen LogP contribution < -0.4 is 16.2 Å². The first-order valence-electron chi connectivity index (χ1n) is 6.59. The van der Waals surface area contributed by atoms with Gasteiger partial charge in [0.2, 0.25) is 5.88 Å². The van der Waals surface area contributed by atoms with E-state index in [4.69, 9.17) is 10.5 Å². The number of nitrogens with zero attached hydrogens (tertiary/aromatic N) is 3. The topological polar surface area (TPSA) is 98.3 Å². The van der Waals surface area contributed by atoms with Crippen LogP contribution in [0.4, 0.5) is 0 Å². The number of H-pyrrole nitrogens is 1. The van der Waals surface area contributed by atoms with Crippen molar-refractivity contribution in [3.63, 3.8) is 0 Å². The zero-order chi connectivity index (χ0) is 13.2. The van der Waals surface area contributed by atoms with E-state index in [1.54, 1.807) is 6.07 Å². The smallest absolute Gasteiger partial charge is 0.348 e. The van der Waals surface area contributed by atoms with E-state index in [0.29, 0.717) is 11.5 Å². The highest BCUT2D eigenvalue weighted by Gasteiger charge is 2.22. The zero-order valence-corrected chi connectivity index (χ0v) is 10.6. The minimum Gasteiger partial charge on any atom is -0.473 e. The first-order valence-corrected chi connectivity index (χ1v) is 6.59. The van der Waals surface area contributed by atoms with Crippen LogP contribution in [0.3, 0.4) is 0 Å². The third-order valence-electron chi connectivity index (χ3n) is 3.56. The second-order valence-electron chi connectivity index (χ2n) is 4.94. The van der Waals surface area contributed by atoms with E-state index >= 15 is 0 Å². The number of hydrogen-bond acceptors (Lipinski definition) is 5. The Labute approximate surface area is 109 Å². The molecular formula is C12H17N5O2. The van der Waals surface area contributed by atoms with Crippen LogP contribution in [0.1, 0.15) is 32.1 Å². The van der Waals surface area contributed by atoms with Gasteiger partial charge in [0.1, 0.15) is 12.4 Å². The van der Waals surface area contributed by atoms with Crippen molar-refractivity contribution in [2.75, 3.05) is 0 Å². The molecule has 0 radical (unpaired) electrons. The summed E-state index contributed by atoms with van der Waals surface area (Å²) in [6.07, 6.45) is 6.82. The van der Waals surface area contributed by atoms with Crippen molar-refractivity contribution in [2.24, 2.45) is 5.73 Å². The second-order valence-corrected chi connectivity index (χ2v) is 4.94. The molecule has 2 heterocycles. The second kappa shape index (κ2) is 5.00. The van der Waals surface area contributed by atoms with Crippen molar-refractivity contribution in [3.8, 4) is 5.88 Å². The minimum absolute atomic E-state index is 0.0110. The number of nitrogens with one attached hydrogen (secondary N) is 1. The van der Waals surface area contributed by atoms with Gasteiger partial charge in [0, 0.05) is 12.1 Å². The van der Waals surface area contributed by atoms with E-state index in [1.807, 2.05) is 0 Å². The summed E-state index contributed by atoms with van der Waals surface area (Å²) >= 11 is 0. The Hall–Kier alpha value is -1.89. The number of aromatic nitrogens is 4. The van der Waals surface area contributed by atoms with E-state index < -0.39 is 0 Å². The van der Waals surface area contributed by atoms with Gasteiger partial charge in [-0.25, -0.2) is 19.3 Å². The molecule has 0 bridgehead atoms. The molecule has 2 aromatic rings. The Morgan fingerprint density at radius 1 is 1.37 bits per heavy atom. The van der Waals surface area contributed by atoms with Gasteiger partial charge in [-0.1, -0.05) is 12.8 Å². The summed E-state index contributed by atoms with van der Waals surface area (Å²) in [5, 5.41) is 6.25. The summed E-state index contributed by atoms with van der Waals surface area (Å²) in [5.41, 5.74) is 6.31. The quantitative estimate of drug-likeness (QED) is 0.767. The highest BCUT2D eigenvalue weighted by molar-refractivity contribution is 5.39. The Bertz CT molecular complexity index is 620. The van der Waals surface area contributed by atoms with Gasteiger partial charge in [-0.2, -0.15) is 5.10 Å². The molecule has 0 spiro atoms. The van der Waals surface area contributed by atoms with Gasteiger partial charge >= 0.3 is 5.69 Å². The van der Waals surface area contributed by atoms with E-state index in [0.717, 1.165) is 25.7 Å². The van der Waals surface area contributed by atoms with E-state index in [1.165, 1.54) is 17.1 Å². The van der Waals surface area contributed by atoms with Crippen LogP contribution in [-0.2, 0) is 0 Å². The van der Waals surface area contributed by atoms with Crippen molar-refractivity contribution in [1.82, 2.24) is 19.6 Å². The van der Waals surface area contributed by atoms with Crippen molar-refractivity contribution in [3.05, 3.63) is 22.9 Å². The molecule has 3 rings (SSSR count). The van der Waals surface area contributed by atoms with Crippen LogP contribution in [0.25, 0.3) is 5.65 Å². The van der Waals surface area contributed by atoms with Gasteiger partial charge in [-0.15, -0.1) is 0 Å². The molecule has 0 aliphatic heterocycles. The normalized spacial score (nSPS) is 24.3. The fourth-order valence-electron chi connectivity index (χ4n) is 2.46. The van der Waals surface area contributed by atoms with Gasteiger partial charge in [0.15, 0.2) is 5.65 Å². The third kappa shape index (κ3) is 2.46. The molecule has 0 amide bonds. The van der Waals surface area contributed by atoms with Crippen LogP contribution >= 0.6 is 0 Å². The predicted octanol–water partition coefficient (Wildman–Crippen LogP) is 0.456.